The van der Waals surface area contributed by atoms with Gasteiger partial charge in [0.05, 0.1) is 10.6 Å². The van der Waals surface area contributed by atoms with Gasteiger partial charge in [0.2, 0.25) is 0 Å². The van der Waals surface area contributed by atoms with Crippen molar-refractivity contribution in [1.29, 1.82) is 0 Å². The summed E-state index contributed by atoms with van der Waals surface area (Å²) in [7, 11) is -7.59. The predicted molar refractivity (Wildman–Crippen MR) is 88.9 cm³/mol. The average Bonchev–Trinajstić information content (AvgIpc) is 2.85. The van der Waals surface area contributed by atoms with Crippen molar-refractivity contribution in [1.82, 2.24) is 0 Å². The number of anilines is 1. The minimum absolute atomic E-state index is 0.0615. The van der Waals surface area contributed by atoms with Crippen molar-refractivity contribution in [2.75, 3.05) is 17.1 Å². The molecule has 0 aromatic heterocycles. The molecule has 2 aromatic rings. The van der Waals surface area contributed by atoms with E-state index in [4.69, 9.17) is 0 Å². The van der Waals surface area contributed by atoms with E-state index in [9.17, 15) is 16.8 Å². The molecule has 0 spiro atoms. The number of benzene rings is 2. The molecule has 0 amide bonds. The molecular formula is C16H17NO4S2. The van der Waals surface area contributed by atoms with Gasteiger partial charge < -0.3 is 0 Å². The molecule has 2 aromatic carbocycles. The number of sulfonamides is 1. The monoisotopic (exact) mass is 351 g/mol. The second kappa shape index (κ2) is 5.35. The number of hydrogen-bond acceptors (Lipinski definition) is 4. The molecule has 1 atom stereocenters. The SMILES string of the molecule is CC1CN(S(=O)(=O)c2ccccc2S(C)(=O)=O)c2ccccc21. The fourth-order valence-corrected chi connectivity index (χ4v) is 6.08. The lowest BCUT2D eigenvalue weighted by atomic mass is 10.0. The zero-order chi connectivity index (χ0) is 16.8. The maximum atomic E-state index is 13.1. The van der Waals surface area contributed by atoms with E-state index in [-0.39, 0.29) is 15.7 Å². The van der Waals surface area contributed by atoms with Crippen LogP contribution >= 0.6 is 0 Å². The number of para-hydroxylation sites is 1. The Morgan fingerprint density at radius 2 is 1.48 bits per heavy atom. The third-order valence-corrected chi connectivity index (χ3v) is 7.11. The largest absolute Gasteiger partial charge is 0.265 e. The zero-order valence-electron chi connectivity index (χ0n) is 12.8. The van der Waals surface area contributed by atoms with Crippen LogP contribution in [0.2, 0.25) is 0 Å². The van der Waals surface area contributed by atoms with Crippen molar-refractivity contribution in [2.45, 2.75) is 22.6 Å². The van der Waals surface area contributed by atoms with Crippen molar-refractivity contribution in [2.24, 2.45) is 0 Å². The molecule has 7 heteroatoms. The minimum Gasteiger partial charge on any atom is -0.265 e. The van der Waals surface area contributed by atoms with Gasteiger partial charge in [-0.25, -0.2) is 16.8 Å². The number of fused-ring (bicyclic) bond motifs is 1. The summed E-state index contributed by atoms with van der Waals surface area (Å²) in [6.07, 6.45) is 1.02. The molecule has 1 unspecified atom stereocenters. The highest BCUT2D eigenvalue weighted by Crippen LogP contribution is 2.39. The standard InChI is InChI=1S/C16H17NO4S2/c1-12-11-17(14-8-4-3-7-13(12)14)23(20,21)16-10-6-5-9-15(16)22(2,18)19/h3-10,12H,11H2,1-2H3. The van der Waals surface area contributed by atoms with Gasteiger partial charge in [-0.3, -0.25) is 4.31 Å². The van der Waals surface area contributed by atoms with Crippen LogP contribution in [0.15, 0.2) is 58.3 Å². The van der Waals surface area contributed by atoms with E-state index in [1.807, 2.05) is 19.1 Å². The van der Waals surface area contributed by atoms with Gasteiger partial charge in [-0.15, -0.1) is 0 Å². The molecule has 0 N–H and O–H groups in total. The van der Waals surface area contributed by atoms with Gasteiger partial charge >= 0.3 is 0 Å². The first kappa shape index (κ1) is 16.0. The van der Waals surface area contributed by atoms with E-state index in [0.29, 0.717) is 12.2 Å². The van der Waals surface area contributed by atoms with Gasteiger partial charge in [-0.2, -0.15) is 0 Å². The number of nitrogens with zero attached hydrogens (tertiary/aromatic N) is 1. The topological polar surface area (TPSA) is 71.5 Å². The quantitative estimate of drug-likeness (QED) is 0.851. The highest BCUT2D eigenvalue weighted by Gasteiger charge is 2.36. The molecule has 0 radical (unpaired) electrons. The molecule has 0 saturated carbocycles. The summed E-state index contributed by atoms with van der Waals surface area (Å²) >= 11 is 0. The summed E-state index contributed by atoms with van der Waals surface area (Å²) < 4.78 is 51.3. The van der Waals surface area contributed by atoms with E-state index >= 15 is 0 Å². The highest BCUT2D eigenvalue weighted by molar-refractivity contribution is 7.95. The fourth-order valence-electron chi connectivity index (χ4n) is 2.89. The minimum atomic E-state index is -3.94. The summed E-state index contributed by atoms with van der Waals surface area (Å²) in [6.45, 7) is 2.26. The van der Waals surface area contributed by atoms with Gasteiger partial charge in [-0.1, -0.05) is 37.3 Å². The molecule has 1 aliphatic heterocycles. The Hall–Kier alpha value is -1.86. The Balaban J connectivity index is 2.20. The molecular weight excluding hydrogens is 334 g/mol. The lowest BCUT2D eigenvalue weighted by molar-refractivity contribution is 0.581. The molecule has 0 aliphatic carbocycles. The third kappa shape index (κ3) is 2.64. The molecule has 0 bridgehead atoms. The number of hydrogen-bond donors (Lipinski definition) is 0. The highest BCUT2D eigenvalue weighted by atomic mass is 32.2. The van der Waals surface area contributed by atoms with Crippen molar-refractivity contribution in [3.05, 3.63) is 54.1 Å². The molecule has 0 fully saturated rings. The fraction of sp³-hybridized carbons (Fsp3) is 0.250. The first-order valence-corrected chi connectivity index (χ1v) is 10.5. The van der Waals surface area contributed by atoms with E-state index < -0.39 is 19.9 Å². The predicted octanol–water partition coefficient (Wildman–Crippen LogP) is 2.40. The van der Waals surface area contributed by atoms with Crippen LogP contribution in [0.1, 0.15) is 18.4 Å². The van der Waals surface area contributed by atoms with Crippen LogP contribution in [0.25, 0.3) is 0 Å². The molecule has 1 aliphatic rings. The summed E-state index contributed by atoms with van der Waals surface area (Å²) in [5, 5.41) is 0. The normalized spacial score (nSPS) is 18.0. The maximum absolute atomic E-state index is 13.1. The second-order valence-electron chi connectivity index (χ2n) is 5.71. The Morgan fingerprint density at radius 3 is 2.13 bits per heavy atom. The summed E-state index contributed by atoms with van der Waals surface area (Å²) in [4.78, 5) is -0.344. The first-order valence-electron chi connectivity index (χ1n) is 7.13. The molecule has 23 heavy (non-hydrogen) atoms. The lowest BCUT2D eigenvalue weighted by Gasteiger charge is -2.21. The summed E-state index contributed by atoms with van der Waals surface area (Å²) in [6, 6.07) is 13.0. The maximum Gasteiger partial charge on any atom is 0.265 e. The molecule has 122 valence electrons. The van der Waals surface area contributed by atoms with Gasteiger partial charge in [0, 0.05) is 18.7 Å². The van der Waals surface area contributed by atoms with E-state index in [1.165, 1.54) is 28.6 Å². The van der Waals surface area contributed by atoms with Crippen LogP contribution in [0.4, 0.5) is 5.69 Å². The molecule has 5 nitrogen and oxygen atoms in total. The number of rotatable bonds is 3. The van der Waals surface area contributed by atoms with Crippen LogP contribution < -0.4 is 4.31 Å². The lowest BCUT2D eigenvalue weighted by Crippen LogP contribution is -2.30. The first-order chi connectivity index (χ1) is 10.7. The Bertz CT molecular complexity index is 965. The Morgan fingerprint density at radius 1 is 0.913 bits per heavy atom. The van der Waals surface area contributed by atoms with Crippen molar-refractivity contribution >= 4 is 25.5 Å². The Kier molecular flexibility index (Phi) is 3.72. The van der Waals surface area contributed by atoms with Gasteiger partial charge in [0.15, 0.2) is 9.84 Å². The molecule has 3 rings (SSSR count). The van der Waals surface area contributed by atoms with Crippen LogP contribution in [0, 0.1) is 0 Å². The van der Waals surface area contributed by atoms with Crippen molar-refractivity contribution < 1.29 is 16.8 Å². The Labute approximate surface area is 136 Å². The average molecular weight is 351 g/mol. The molecule has 0 saturated heterocycles. The van der Waals surface area contributed by atoms with E-state index in [1.54, 1.807) is 12.1 Å². The summed E-state index contributed by atoms with van der Waals surface area (Å²) in [5.74, 6) is 0.0615. The van der Waals surface area contributed by atoms with Crippen LogP contribution in [0.5, 0.6) is 0 Å². The van der Waals surface area contributed by atoms with E-state index in [0.717, 1.165) is 11.8 Å². The third-order valence-electron chi connectivity index (χ3n) is 3.99. The smallest absolute Gasteiger partial charge is 0.265 e. The van der Waals surface area contributed by atoms with Gasteiger partial charge in [-0.05, 0) is 23.8 Å². The van der Waals surface area contributed by atoms with E-state index in [2.05, 4.69) is 0 Å². The molecule has 1 heterocycles. The van der Waals surface area contributed by atoms with Crippen molar-refractivity contribution in [3.63, 3.8) is 0 Å². The van der Waals surface area contributed by atoms with Crippen LogP contribution in [-0.2, 0) is 19.9 Å². The second-order valence-corrected chi connectivity index (χ2v) is 9.53. The zero-order valence-corrected chi connectivity index (χ0v) is 14.4. The summed E-state index contributed by atoms with van der Waals surface area (Å²) in [5.41, 5.74) is 1.57. The van der Waals surface area contributed by atoms with Crippen molar-refractivity contribution in [3.8, 4) is 0 Å². The van der Waals surface area contributed by atoms with Gasteiger partial charge in [0.1, 0.15) is 4.90 Å². The number of sulfone groups is 1. The van der Waals surface area contributed by atoms with Crippen LogP contribution in [-0.4, -0.2) is 29.6 Å². The van der Waals surface area contributed by atoms with Gasteiger partial charge in [0.25, 0.3) is 10.0 Å². The van der Waals surface area contributed by atoms with Crippen LogP contribution in [0.3, 0.4) is 0 Å².